The molecule has 33 heavy (non-hydrogen) atoms. The standard InChI is InChI=1S/C26H28FNO5/c1-15-18(13-22(29)28-12-10-16-7-5-6-8-19(16)27)25(30)32-24-17-9-11-26(2,3)33-20(17)14-21(31-4)23(15)24/h5-8,14H,9-13H2,1-4H3,(H,28,29). The molecular formula is C26H28FNO5. The number of carbonyl (C=O) groups excluding carboxylic acids is 1. The van der Waals surface area contributed by atoms with Gasteiger partial charge in [0, 0.05) is 18.2 Å². The van der Waals surface area contributed by atoms with Gasteiger partial charge in [0.2, 0.25) is 5.91 Å². The Morgan fingerprint density at radius 3 is 2.76 bits per heavy atom. The van der Waals surface area contributed by atoms with E-state index in [2.05, 4.69) is 5.32 Å². The summed E-state index contributed by atoms with van der Waals surface area (Å²) in [5.74, 6) is 0.546. The lowest BCUT2D eigenvalue weighted by Gasteiger charge is -2.33. The van der Waals surface area contributed by atoms with E-state index >= 15 is 0 Å². The van der Waals surface area contributed by atoms with Gasteiger partial charge in [0.25, 0.3) is 0 Å². The average Bonchev–Trinajstić information content (AvgIpc) is 2.76. The summed E-state index contributed by atoms with van der Waals surface area (Å²) in [7, 11) is 1.55. The molecule has 0 bridgehead atoms. The quantitative estimate of drug-likeness (QED) is 0.565. The summed E-state index contributed by atoms with van der Waals surface area (Å²) < 4.78 is 31.2. The van der Waals surface area contributed by atoms with Crippen LogP contribution in [-0.4, -0.2) is 25.2 Å². The Hall–Kier alpha value is -3.35. The van der Waals surface area contributed by atoms with Crippen LogP contribution in [0.15, 0.2) is 39.5 Å². The molecule has 1 aliphatic heterocycles. The van der Waals surface area contributed by atoms with Crippen LogP contribution < -0.4 is 20.4 Å². The minimum atomic E-state index is -0.551. The lowest BCUT2D eigenvalue weighted by Crippen LogP contribution is -2.33. The van der Waals surface area contributed by atoms with Gasteiger partial charge >= 0.3 is 5.63 Å². The highest BCUT2D eigenvalue weighted by molar-refractivity contribution is 5.93. The number of benzene rings is 2. The van der Waals surface area contributed by atoms with E-state index in [1.807, 2.05) is 19.9 Å². The largest absolute Gasteiger partial charge is 0.496 e. The summed E-state index contributed by atoms with van der Waals surface area (Å²) in [5.41, 5.74) is 1.87. The topological polar surface area (TPSA) is 77.8 Å². The van der Waals surface area contributed by atoms with Crippen molar-refractivity contribution in [3.63, 3.8) is 0 Å². The van der Waals surface area contributed by atoms with Gasteiger partial charge in [0.15, 0.2) is 0 Å². The molecule has 0 fully saturated rings. The number of hydrogen-bond acceptors (Lipinski definition) is 5. The third-order valence-electron chi connectivity index (χ3n) is 6.17. The van der Waals surface area contributed by atoms with Crippen LogP contribution in [0.2, 0.25) is 0 Å². The zero-order chi connectivity index (χ0) is 23.8. The Labute approximate surface area is 191 Å². The minimum Gasteiger partial charge on any atom is -0.496 e. The molecule has 0 saturated carbocycles. The van der Waals surface area contributed by atoms with Gasteiger partial charge in [-0.25, -0.2) is 9.18 Å². The summed E-state index contributed by atoms with van der Waals surface area (Å²) in [6, 6.07) is 8.27. The van der Waals surface area contributed by atoms with E-state index in [1.165, 1.54) is 6.07 Å². The molecule has 3 aromatic rings. The summed E-state index contributed by atoms with van der Waals surface area (Å²) >= 11 is 0. The van der Waals surface area contributed by atoms with Gasteiger partial charge in [-0.2, -0.15) is 0 Å². The molecule has 1 N–H and O–H groups in total. The second-order valence-corrected chi connectivity index (χ2v) is 8.98. The Morgan fingerprint density at radius 2 is 2.03 bits per heavy atom. The maximum absolute atomic E-state index is 13.8. The number of nitrogens with one attached hydrogen (secondary N) is 1. The first-order valence-electron chi connectivity index (χ1n) is 11.1. The van der Waals surface area contributed by atoms with Crippen molar-refractivity contribution < 1.29 is 23.1 Å². The van der Waals surface area contributed by atoms with Crippen LogP contribution in [0.25, 0.3) is 11.0 Å². The normalized spacial score (nSPS) is 14.5. The van der Waals surface area contributed by atoms with Crippen LogP contribution in [0, 0.1) is 12.7 Å². The molecule has 2 heterocycles. The van der Waals surface area contributed by atoms with Crippen molar-refractivity contribution in [1.82, 2.24) is 5.32 Å². The van der Waals surface area contributed by atoms with E-state index in [-0.39, 0.29) is 35.9 Å². The molecule has 4 rings (SSSR count). The molecule has 2 aromatic carbocycles. The van der Waals surface area contributed by atoms with Gasteiger partial charge in [0.05, 0.1) is 24.5 Å². The molecule has 0 aliphatic carbocycles. The van der Waals surface area contributed by atoms with Crippen molar-refractivity contribution in [2.45, 2.75) is 52.1 Å². The lowest BCUT2D eigenvalue weighted by molar-refractivity contribution is -0.120. The lowest BCUT2D eigenvalue weighted by atomic mass is 9.91. The fourth-order valence-electron chi connectivity index (χ4n) is 4.31. The van der Waals surface area contributed by atoms with Gasteiger partial charge in [-0.05, 0) is 57.2 Å². The first-order chi connectivity index (χ1) is 15.7. The van der Waals surface area contributed by atoms with Gasteiger partial charge in [-0.1, -0.05) is 18.2 Å². The highest BCUT2D eigenvalue weighted by Crippen LogP contribution is 2.43. The molecular weight excluding hydrogens is 425 g/mol. The van der Waals surface area contributed by atoms with E-state index in [0.29, 0.717) is 46.4 Å². The number of halogens is 1. The molecule has 1 amide bonds. The second-order valence-electron chi connectivity index (χ2n) is 8.98. The zero-order valence-corrected chi connectivity index (χ0v) is 19.3. The average molecular weight is 454 g/mol. The van der Waals surface area contributed by atoms with Crippen LogP contribution >= 0.6 is 0 Å². The van der Waals surface area contributed by atoms with Gasteiger partial charge in [-0.3, -0.25) is 4.79 Å². The highest BCUT2D eigenvalue weighted by Gasteiger charge is 2.31. The SMILES string of the molecule is COc1cc2c(c3oc(=O)c(CC(=O)NCCc4ccccc4F)c(C)c13)CCC(C)(C)O2. The molecule has 0 saturated heterocycles. The van der Waals surface area contributed by atoms with Crippen molar-refractivity contribution in [1.29, 1.82) is 0 Å². The Kier molecular flexibility index (Phi) is 6.15. The predicted octanol–water partition coefficient (Wildman–Crippen LogP) is 4.25. The predicted molar refractivity (Wildman–Crippen MR) is 124 cm³/mol. The maximum atomic E-state index is 13.8. The Bertz CT molecular complexity index is 1280. The molecule has 0 radical (unpaired) electrons. The highest BCUT2D eigenvalue weighted by atomic mass is 19.1. The Morgan fingerprint density at radius 1 is 1.27 bits per heavy atom. The summed E-state index contributed by atoms with van der Waals surface area (Å²) in [6.45, 7) is 6.09. The number of hydrogen-bond donors (Lipinski definition) is 1. The Balaban J connectivity index is 1.60. The van der Waals surface area contributed by atoms with Gasteiger partial charge < -0.3 is 19.2 Å². The van der Waals surface area contributed by atoms with Crippen molar-refractivity contribution >= 4 is 16.9 Å². The molecule has 0 spiro atoms. The number of ether oxygens (including phenoxy) is 2. The first-order valence-corrected chi connectivity index (χ1v) is 11.1. The first kappa shape index (κ1) is 22.8. The number of aryl methyl sites for hydroxylation is 2. The number of carbonyl (C=O) groups is 1. The number of methoxy groups -OCH3 is 1. The van der Waals surface area contributed by atoms with E-state index < -0.39 is 5.63 Å². The van der Waals surface area contributed by atoms with Crippen LogP contribution in [0.1, 0.15) is 42.5 Å². The zero-order valence-electron chi connectivity index (χ0n) is 19.3. The van der Waals surface area contributed by atoms with Gasteiger partial charge in [0.1, 0.15) is 28.5 Å². The molecule has 174 valence electrons. The van der Waals surface area contributed by atoms with Crippen molar-refractivity contribution in [3.8, 4) is 11.5 Å². The number of amides is 1. The van der Waals surface area contributed by atoms with E-state index in [4.69, 9.17) is 13.9 Å². The smallest absolute Gasteiger partial charge is 0.340 e. The molecule has 1 aromatic heterocycles. The van der Waals surface area contributed by atoms with Crippen LogP contribution in [0.5, 0.6) is 11.5 Å². The van der Waals surface area contributed by atoms with Crippen LogP contribution in [-0.2, 0) is 24.1 Å². The monoisotopic (exact) mass is 453 g/mol. The summed E-state index contributed by atoms with van der Waals surface area (Å²) in [6.07, 6.45) is 1.72. The van der Waals surface area contributed by atoms with Crippen LogP contribution in [0.4, 0.5) is 4.39 Å². The third-order valence-corrected chi connectivity index (χ3v) is 6.17. The fraction of sp³-hybridized carbons (Fsp3) is 0.385. The van der Waals surface area contributed by atoms with E-state index in [1.54, 1.807) is 32.2 Å². The third kappa shape index (κ3) is 4.58. The van der Waals surface area contributed by atoms with Crippen molar-refractivity contribution in [2.75, 3.05) is 13.7 Å². The molecule has 0 atom stereocenters. The maximum Gasteiger partial charge on any atom is 0.340 e. The molecule has 7 heteroatoms. The number of rotatable bonds is 6. The number of fused-ring (bicyclic) bond motifs is 3. The summed E-state index contributed by atoms with van der Waals surface area (Å²) in [4.78, 5) is 25.4. The molecule has 6 nitrogen and oxygen atoms in total. The molecule has 1 aliphatic rings. The molecule has 0 unspecified atom stereocenters. The van der Waals surface area contributed by atoms with E-state index in [9.17, 15) is 14.0 Å². The summed E-state index contributed by atoms with van der Waals surface area (Å²) in [5, 5.41) is 3.43. The van der Waals surface area contributed by atoms with Gasteiger partial charge in [-0.15, -0.1) is 0 Å². The van der Waals surface area contributed by atoms with Crippen molar-refractivity contribution in [3.05, 3.63) is 68.8 Å². The van der Waals surface area contributed by atoms with Crippen molar-refractivity contribution in [2.24, 2.45) is 0 Å². The second kappa shape index (κ2) is 8.89. The van der Waals surface area contributed by atoms with Crippen LogP contribution in [0.3, 0.4) is 0 Å². The minimum absolute atomic E-state index is 0.134. The fourth-order valence-corrected chi connectivity index (χ4v) is 4.31. The van der Waals surface area contributed by atoms with E-state index in [0.717, 1.165) is 12.0 Å².